The third-order valence-electron chi connectivity index (χ3n) is 7.24. The SMILES string of the molecule is CC(C)c1c(C(=O)Nc2ccccc2)c(-c2ccccc2)c(-c2ccc(P)cc2)n1CCC1CCCC(=O)O1. The van der Waals surface area contributed by atoms with Gasteiger partial charge in [-0.2, -0.15) is 0 Å². The van der Waals surface area contributed by atoms with Gasteiger partial charge in [-0.05, 0) is 47.3 Å². The molecular weight excluding hydrogens is 503 g/mol. The second kappa shape index (κ2) is 12.0. The van der Waals surface area contributed by atoms with Gasteiger partial charge >= 0.3 is 5.97 Å². The van der Waals surface area contributed by atoms with Gasteiger partial charge in [-0.25, -0.2) is 0 Å². The minimum absolute atomic E-state index is 0.0765. The van der Waals surface area contributed by atoms with Crippen LogP contribution >= 0.6 is 9.24 Å². The average molecular weight is 539 g/mol. The van der Waals surface area contributed by atoms with Gasteiger partial charge < -0.3 is 14.6 Å². The van der Waals surface area contributed by atoms with E-state index in [-0.39, 0.29) is 23.9 Å². The van der Waals surface area contributed by atoms with E-state index in [2.05, 4.69) is 69.4 Å². The first-order valence-corrected chi connectivity index (χ1v) is 14.2. The number of rotatable bonds is 8. The molecule has 1 saturated heterocycles. The summed E-state index contributed by atoms with van der Waals surface area (Å²) in [6.07, 6.45) is 2.80. The molecule has 1 fully saturated rings. The molecule has 5 rings (SSSR count). The van der Waals surface area contributed by atoms with Crippen molar-refractivity contribution in [2.24, 2.45) is 0 Å². The van der Waals surface area contributed by atoms with Gasteiger partial charge in [-0.1, -0.05) is 86.6 Å². The number of anilines is 1. The Kier molecular flexibility index (Phi) is 8.28. The van der Waals surface area contributed by atoms with Crippen molar-refractivity contribution in [3.05, 3.63) is 96.2 Å². The number of carbonyl (C=O) groups is 2. The third kappa shape index (κ3) is 5.99. The molecule has 6 heteroatoms. The number of benzene rings is 3. The van der Waals surface area contributed by atoms with Crippen LogP contribution in [0.1, 0.15) is 61.5 Å². The Morgan fingerprint density at radius 3 is 2.28 bits per heavy atom. The molecule has 3 aromatic carbocycles. The number of nitrogens with one attached hydrogen (secondary N) is 1. The second-order valence-electron chi connectivity index (χ2n) is 10.4. The quantitative estimate of drug-likeness (QED) is 0.191. The number of para-hydroxylation sites is 1. The van der Waals surface area contributed by atoms with Gasteiger partial charge in [0.1, 0.15) is 6.10 Å². The number of hydrogen-bond acceptors (Lipinski definition) is 3. The molecule has 200 valence electrons. The Hall–Kier alpha value is -3.69. The molecular formula is C33H35N2O3P. The van der Waals surface area contributed by atoms with Gasteiger partial charge in [0.15, 0.2) is 0 Å². The zero-order valence-corrected chi connectivity index (χ0v) is 23.7. The molecule has 39 heavy (non-hydrogen) atoms. The van der Waals surface area contributed by atoms with E-state index in [1.165, 1.54) is 0 Å². The Bertz CT molecular complexity index is 1440. The van der Waals surface area contributed by atoms with Crippen molar-refractivity contribution < 1.29 is 14.3 Å². The number of esters is 1. The number of aromatic nitrogens is 1. The number of amides is 1. The fourth-order valence-electron chi connectivity index (χ4n) is 5.50. The lowest BCUT2D eigenvalue weighted by Gasteiger charge is -2.24. The first-order valence-electron chi connectivity index (χ1n) is 13.7. The van der Waals surface area contributed by atoms with Crippen molar-refractivity contribution in [1.82, 2.24) is 4.57 Å². The van der Waals surface area contributed by atoms with Gasteiger partial charge in [-0.3, -0.25) is 9.59 Å². The molecule has 0 saturated carbocycles. The van der Waals surface area contributed by atoms with E-state index in [0.29, 0.717) is 24.9 Å². The third-order valence-corrected chi connectivity index (χ3v) is 7.62. The number of nitrogens with zero attached hydrogens (tertiary/aromatic N) is 1. The molecule has 1 aromatic heterocycles. The maximum Gasteiger partial charge on any atom is 0.306 e. The molecule has 5 nitrogen and oxygen atoms in total. The van der Waals surface area contributed by atoms with Gasteiger partial charge in [0, 0.05) is 36.3 Å². The molecule has 1 amide bonds. The van der Waals surface area contributed by atoms with E-state index in [1.807, 2.05) is 48.5 Å². The number of carbonyl (C=O) groups excluding carboxylic acids is 2. The van der Waals surface area contributed by atoms with E-state index in [1.54, 1.807) is 0 Å². The molecule has 0 spiro atoms. The van der Waals surface area contributed by atoms with Crippen LogP contribution in [0, 0.1) is 0 Å². The predicted octanol–water partition coefficient (Wildman–Crippen LogP) is 7.18. The zero-order chi connectivity index (χ0) is 27.4. The highest BCUT2D eigenvalue weighted by Crippen LogP contribution is 2.42. The molecule has 2 heterocycles. The monoisotopic (exact) mass is 538 g/mol. The van der Waals surface area contributed by atoms with Crippen LogP contribution in [0.3, 0.4) is 0 Å². The summed E-state index contributed by atoms with van der Waals surface area (Å²) in [5.74, 6) is -0.171. The number of hydrogen-bond donors (Lipinski definition) is 1. The van der Waals surface area contributed by atoms with Crippen LogP contribution in [0.25, 0.3) is 22.4 Å². The fraction of sp³-hybridized carbons (Fsp3) is 0.273. The van der Waals surface area contributed by atoms with Crippen LogP contribution < -0.4 is 10.6 Å². The van der Waals surface area contributed by atoms with E-state index < -0.39 is 0 Å². The van der Waals surface area contributed by atoms with Crippen LogP contribution in [0.4, 0.5) is 5.69 Å². The summed E-state index contributed by atoms with van der Waals surface area (Å²) < 4.78 is 7.98. The first-order chi connectivity index (χ1) is 18.9. The second-order valence-corrected chi connectivity index (χ2v) is 11.1. The maximum absolute atomic E-state index is 14.1. The molecule has 1 N–H and O–H groups in total. The zero-order valence-electron chi connectivity index (χ0n) is 22.5. The van der Waals surface area contributed by atoms with Crippen molar-refractivity contribution in [1.29, 1.82) is 0 Å². The van der Waals surface area contributed by atoms with Crippen molar-refractivity contribution in [3.8, 4) is 22.4 Å². The Morgan fingerprint density at radius 1 is 0.974 bits per heavy atom. The Labute approximate surface area is 232 Å². The lowest BCUT2D eigenvalue weighted by Crippen LogP contribution is -2.25. The summed E-state index contributed by atoms with van der Waals surface area (Å²) in [5.41, 5.74) is 6.39. The van der Waals surface area contributed by atoms with Crippen LogP contribution in [-0.4, -0.2) is 22.5 Å². The molecule has 1 aliphatic heterocycles. The summed E-state index contributed by atoms with van der Waals surface area (Å²) in [6, 6.07) is 28.1. The lowest BCUT2D eigenvalue weighted by atomic mass is 9.94. The summed E-state index contributed by atoms with van der Waals surface area (Å²) in [7, 11) is 2.74. The molecule has 2 atom stereocenters. The van der Waals surface area contributed by atoms with Gasteiger partial charge in [0.2, 0.25) is 0 Å². The highest BCUT2D eigenvalue weighted by Gasteiger charge is 2.31. The van der Waals surface area contributed by atoms with Crippen LogP contribution in [0.5, 0.6) is 0 Å². The van der Waals surface area contributed by atoms with Gasteiger partial charge in [-0.15, -0.1) is 9.24 Å². The van der Waals surface area contributed by atoms with E-state index in [0.717, 1.165) is 51.9 Å². The predicted molar refractivity (Wildman–Crippen MR) is 161 cm³/mol. The lowest BCUT2D eigenvalue weighted by molar-refractivity contribution is -0.154. The summed E-state index contributed by atoms with van der Waals surface area (Å²) in [4.78, 5) is 26.1. The van der Waals surface area contributed by atoms with Crippen LogP contribution in [0.15, 0.2) is 84.9 Å². The molecule has 0 aliphatic carbocycles. The minimum Gasteiger partial charge on any atom is -0.462 e. The molecule has 0 radical (unpaired) electrons. The summed E-state index contributed by atoms with van der Waals surface area (Å²) >= 11 is 0. The number of cyclic esters (lactones) is 1. The van der Waals surface area contributed by atoms with Crippen molar-refractivity contribution in [2.45, 2.75) is 58.1 Å². The Morgan fingerprint density at radius 2 is 1.64 bits per heavy atom. The van der Waals surface area contributed by atoms with E-state index in [4.69, 9.17) is 4.74 Å². The van der Waals surface area contributed by atoms with Crippen LogP contribution in [0.2, 0.25) is 0 Å². The maximum atomic E-state index is 14.1. The highest BCUT2D eigenvalue weighted by molar-refractivity contribution is 7.27. The molecule has 4 aromatic rings. The van der Waals surface area contributed by atoms with Gasteiger partial charge in [0.05, 0.1) is 11.3 Å². The minimum atomic E-state index is -0.129. The fourth-order valence-corrected chi connectivity index (χ4v) is 5.69. The largest absolute Gasteiger partial charge is 0.462 e. The number of ether oxygens (including phenoxy) is 1. The first kappa shape index (κ1) is 26.9. The summed E-state index contributed by atoms with van der Waals surface area (Å²) in [5, 5.41) is 4.25. The molecule has 1 aliphatic rings. The van der Waals surface area contributed by atoms with Crippen LogP contribution in [-0.2, 0) is 16.1 Å². The van der Waals surface area contributed by atoms with Crippen molar-refractivity contribution >= 4 is 32.1 Å². The van der Waals surface area contributed by atoms with E-state index >= 15 is 0 Å². The normalized spacial score (nSPS) is 15.3. The smallest absolute Gasteiger partial charge is 0.306 e. The highest BCUT2D eigenvalue weighted by atomic mass is 31.0. The average Bonchev–Trinajstić information content (AvgIpc) is 3.29. The molecule has 2 unspecified atom stereocenters. The van der Waals surface area contributed by atoms with Crippen molar-refractivity contribution in [3.63, 3.8) is 0 Å². The topological polar surface area (TPSA) is 60.3 Å². The van der Waals surface area contributed by atoms with Crippen molar-refractivity contribution in [2.75, 3.05) is 5.32 Å². The summed E-state index contributed by atoms with van der Waals surface area (Å²) in [6.45, 7) is 4.91. The molecule has 0 bridgehead atoms. The van der Waals surface area contributed by atoms with Gasteiger partial charge in [0.25, 0.3) is 5.91 Å². The Balaban J connectivity index is 1.72. The standard InChI is InChI=1S/C33H35N2O3P/c1-22(2)31-30(33(37)34-25-12-7-4-8-13-25)29(23-10-5-3-6-11-23)32(24-16-18-27(39)19-17-24)35(31)21-20-26-14-9-15-28(36)38-26/h3-8,10-13,16-19,22,26H,9,14-15,20-21,39H2,1-2H3,(H,34,37). The van der Waals surface area contributed by atoms with E-state index in [9.17, 15) is 9.59 Å².